The lowest BCUT2D eigenvalue weighted by molar-refractivity contribution is 0.438. The summed E-state index contributed by atoms with van der Waals surface area (Å²) in [5.74, 6) is 1.76. The summed E-state index contributed by atoms with van der Waals surface area (Å²) in [7, 11) is 0. The number of hydrogen-bond donors (Lipinski definition) is 2. The van der Waals surface area contributed by atoms with E-state index in [1.54, 1.807) is 0 Å². The van der Waals surface area contributed by atoms with Crippen LogP contribution in [0.3, 0.4) is 0 Å². The van der Waals surface area contributed by atoms with E-state index in [9.17, 15) is 0 Å². The molecule has 1 aromatic rings. The van der Waals surface area contributed by atoms with Crippen molar-refractivity contribution in [2.75, 3.05) is 31.1 Å². The Balaban J connectivity index is 1.92. The first-order valence-electron chi connectivity index (χ1n) is 8.59. The zero-order valence-corrected chi connectivity index (χ0v) is 14.2. The largest absolute Gasteiger partial charge is 0.372 e. The Kier molecular flexibility index (Phi) is 6.56. The summed E-state index contributed by atoms with van der Waals surface area (Å²) in [6.45, 7) is 11.4. The first-order chi connectivity index (χ1) is 10.7. The highest BCUT2D eigenvalue weighted by molar-refractivity contribution is 5.79. The maximum atomic E-state index is 4.61. The number of hydrogen-bond acceptors (Lipinski definition) is 2. The molecule has 1 fully saturated rings. The van der Waals surface area contributed by atoms with Crippen molar-refractivity contribution < 1.29 is 0 Å². The third-order valence-corrected chi connectivity index (χ3v) is 4.19. The first-order valence-corrected chi connectivity index (χ1v) is 8.59. The number of guanidine groups is 1. The molecule has 0 atom stereocenters. The molecule has 2 rings (SSSR count). The van der Waals surface area contributed by atoms with Gasteiger partial charge in [0.2, 0.25) is 0 Å². The molecule has 0 aliphatic carbocycles. The minimum atomic E-state index is 0.715. The summed E-state index contributed by atoms with van der Waals surface area (Å²) >= 11 is 0. The van der Waals surface area contributed by atoms with Gasteiger partial charge in [-0.05, 0) is 50.3 Å². The Hall–Kier alpha value is -1.71. The van der Waals surface area contributed by atoms with Gasteiger partial charge in [0.1, 0.15) is 0 Å². The maximum absolute atomic E-state index is 4.61. The highest BCUT2D eigenvalue weighted by atomic mass is 15.2. The third-order valence-electron chi connectivity index (χ3n) is 4.19. The van der Waals surface area contributed by atoms with Crippen molar-refractivity contribution in [2.24, 2.45) is 10.9 Å². The molecule has 1 aliphatic heterocycles. The van der Waals surface area contributed by atoms with E-state index >= 15 is 0 Å². The molecule has 0 bridgehead atoms. The standard InChI is InChI=1S/C18H30N4/c1-4-19-18(20-5-2)21-14-16-6-8-17(9-7-16)22-12-10-15(3)11-13-22/h6-9,15H,4-5,10-14H2,1-3H3,(H2,19,20,21). The predicted molar refractivity (Wildman–Crippen MR) is 95.5 cm³/mol. The van der Waals surface area contributed by atoms with Gasteiger partial charge in [-0.2, -0.15) is 0 Å². The summed E-state index contributed by atoms with van der Waals surface area (Å²) in [6, 6.07) is 8.88. The fourth-order valence-electron chi connectivity index (χ4n) is 2.76. The van der Waals surface area contributed by atoms with E-state index in [-0.39, 0.29) is 0 Å². The molecular weight excluding hydrogens is 272 g/mol. The molecule has 1 aromatic carbocycles. The Bertz CT molecular complexity index is 450. The highest BCUT2D eigenvalue weighted by Crippen LogP contribution is 2.23. The molecule has 1 heterocycles. The van der Waals surface area contributed by atoms with E-state index in [1.165, 1.54) is 37.2 Å². The van der Waals surface area contributed by atoms with E-state index in [1.807, 2.05) is 0 Å². The third kappa shape index (κ3) is 4.93. The fourth-order valence-corrected chi connectivity index (χ4v) is 2.76. The lowest BCUT2D eigenvalue weighted by atomic mass is 9.99. The van der Waals surface area contributed by atoms with Crippen LogP contribution < -0.4 is 15.5 Å². The van der Waals surface area contributed by atoms with Gasteiger partial charge in [-0.25, -0.2) is 4.99 Å². The van der Waals surface area contributed by atoms with Gasteiger partial charge in [-0.3, -0.25) is 0 Å². The summed E-state index contributed by atoms with van der Waals surface area (Å²) in [5.41, 5.74) is 2.60. The maximum Gasteiger partial charge on any atom is 0.191 e. The molecular formula is C18H30N4. The normalized spacial score (nSPS) is 15.5. The van der Waals surface area contributed by atoms with Gasteiger partial charge < -0.3 is 15.5 Å². The van der Waals surface area contributed by atoms with Crippen molar-refractivity contribution in [3.05, 3.63) is 29.8 Å². The Morgan fingerprint density at radius 2 is 1.68 bits per heavy atom. The number of aliphatic imine (C=N–C) groups is 1. The number of rotatable bonds is 5. The number of nitrogens with one attached hydrogen (secondary N) is 2. The number of piperidine rings is 1. The minimum absolute atomic E-state index is 0.715. The van der Waals surface area contributed by atoms with Crippen LogP contribution in [0.5, 0.6) is 0 Å². The number of benzene rings is 1. The van der Waals surface area contributed by atoms with Crippen LogP contribution in [0.15, 0.2) is 29.3 Å². The minimum Gasteiger partial charge on any atom is -0.372 e. The lowest BCUT2D eigenvalue weighted by Crippen LogP contribution is -2.36. The molecule has 22 heavy (non-hydrogen) atoms. The van der Waals surface area contributed by atoms with E-state index in [4.69, 9.17) is 0 Å². The van der Waals surface area contributed by atoms with Crippen molar-refractivity contribution in [3.8, 4) is 0 Å². The molecule has 2 N–H and O–H groups in total. The number of nitrogens with zero attached hydrogens (tertiary/aromatic N) is 2. The second-order valence-electron chi connectivity index (χ2n) is 6.06. The highest BCUT2D eigenvalue weighted by Gasteiger charge is 2.15. The van der Waals surface area contributed by atoms with Crippen LogP contribution >= 0.6 is 0 Å². The van der Waals surface area contributed by atoms with Crippen LogP contribution in [0.4, 0.5) is 5.69 Å². The van der Waals surface area contributed by atoms with Gasteiger partial charge in [-0.1, -0.05) is 19.1 Å². The smallest absolute Gasteiger partial charge is 0.191 e. The van der Waals surface area contributed by atoms with Crippen molar-refractivity contribution in [3.63, 3.8) is 0 Å². The van der Waals surface area contributed by atoms with E-state index < -0.39 is 0 Å². The zero-order valence-electron chi connectivity index (χ0n) is 14.2. The van der Waals surface area contributed by atoms with Crippen LogP contribution in [-0.2, 0) is 6.54 Å². The summed E-state index contributed by atoms with van der Waals surface area (Å²) in [4.78, 5) is 7.10. The summed E-state index contributed by atoms with van der Waals surface area (Å²) < 4.78 is 0. The summed E-state index contributed by atoms with van der Waals surface area (Å²) in [6.07, 6.45) is 2.61. The van der Waals surface area contributed by atoms with Crippen molar-refractivity contribution in [2.45, 2.75) is 40.2 Å². The molecule has 0 aromatic heterocycles. The topological polar surface area (TPSA) is 39.7 Å². The van der Waals surface area contributed by atoms with Gasteiger partial charge >= 0.3 is 0 Å². The average molecular weight is 302 g/mol. The van der Waals surface area contributed by atoms with E-state index in [0.717, 1.165) is 25.0 Å². The van der Waals surface area contributed by atoms with Gasteiger partial charge in [0.15, 0.2) is 5.96 Å². The SMILES string of the molecule is CCNC(=NCc1ccc(N2CCC(C)CC2)cc1)NCC. The molecule has 4 heteroatoms. The zero-order chi connectivity index (χ0) is 15.8. The van der Waals surface area contributed by atoms with Crippen LogP contribution in [0.2, 0.25) is 0 Å². The van der Waals surface area contributed by atoms with Crippen LogP contribution in [0.25, 0.3) is 0 Å². The quantitative estimate of drug-likeness (QED) is 0.649. The molecule has 0 spiro atoms. The van der Waals surface area contributed by atoms with Gasteiger partial charge in [-0.15, -0.1) is 0 Å². The predicted octanol–water partition coefficient (Wildman–Crippen LogP) is 3.00. The molecule has 1 saturated heterocycles. The molecule has 1 aliphatic rings. The fraction of sp³-hybridized carbons (Fsp3) is 0.611. The Morgan fingerprint density at radius 1 is 1.09 bits per heavy atom. The molecule has 122 valence electrons. The van der Waals surface area contributed by atoms with Gasteiger partial charge in [0, 0.05) is 31.9 Å². The van der Waals surface area contributed by atoms with Crippen LogP contribution in [-0.4, -0.2) is 32.1 Å². The summed E-state index contributed by atoms with van der Waals surface area (Å²) in [5, 5.41) is 6.50. The monoisotopic (exact) mass is 302 g/mol. The average Bonchev–Trinajstić information content (AvgIpc) is 2.54. The van der Waals surface area contributed by atoms with E-state index in [2.05, 4.69) is 65.6 Å². The Labute approximate surface area is 135 Å². The van der Waals surface area contributed by atoms with Crippen LogP contribution in [0.1, 0.15) is 39.2 Å². The van der Waals surface area contributed by atoms with Crippen molar-refractivity contribution in [1.82, 2.24) is 10.6 Å². The molecule has 0 radical (unpaired) electrons. The van der Waals surface area contributed by atoms with Gasteiger partial charge in [0.05, 0.1) is 6.54 Å². The second kappa shape index (κ2) is 8.66. The van der Waals surface area contributed by atoms with Gasteiger partial charge in [0.25, 0.3) is 0 Å². The Morgan fingerprint density at radius 3 is 2.23 bits per heavy atom. The molecule has 0 unspecified atom stereocenters. The molecule has 0 saturated carbocycles. The molecule has 4 nitrogen and oxygen atoms in total. The second-order valence-corrected chi connectivity index (χ2v) is 6.06. The van der Waals surface area contributed by atoms with E-state index in [0.29, 0.717) is 6.54 Å². The van der Waals surface area contributed by atoms with Crippen molar-refractivity contribution >= 4 is 11.6 Å². The first kappa shape index (κ1) is 16.7. The lowest BCUT2D eigenvalue weighted by Gasteiger charge is -2.32. The number of anilines is 1. The molecule has 0 amide bonds. The van der Waals surface area contributed by atoms with Crippen molar-refractivity contribution in [1.29, 1.82) is 0 Å². The van der Waals surface area contributed by atoms with Crippen LogP contribution in [0, 0.1) is 5.92 Å².